The number of fused-ring (bicyclic) bond motifs is 1. The Morgan fingerprint density at radius 2 is 2.13 bits per heavy atom. The van der Waals surface area contributed by atoms with Gasteiger partial charge in [-0.2, -0.15) is 0 Å². The molecular formula is C17H15FN2O3. The van der Waals surface area contributed by atoms with E-state index in [1.165, 1.54) is 23.1 Å². The van der Waals surface area contributed by atoms with Crippen LogP contribution in [0, 0.1) is 12.7 Å². The summed E-state index contributed by atoms with van der Waals surface area (Å²) in [7, 11) is 0. The highest BCUT2D eigenvalue weighted by molar-refractivity contribution is 6.05. The number of ether oxygens (including phenoxy) is 1. The largest absolute Gasteiger partial charge is 0.482 e. The van der Waals surface area contributed by atoms with Gasteiger partial charge in [0.05, 0.1) is 5.69 Å². The minimum Gasteiger partial charge on any atom is -0.482 e. The molecule has 23 heavy (non-hydrogen) atoms. The third-order valence-electron chi connectivity index (χ3n) is 3.47. The highest BCUT2D eigenvalue weighted by Gasteiger charge is 2.27. The van der Waals surface area contributed by atoms with Crippen LogP contribution in [0.4, 0.5) is 15.8 Å². The fraction of sp³-hybridized carbons (Fsp3) is 0.176. The minimum absolute atomic E-state index is 0.108. The van der Waals surface area contributed by atoms with Crippen molar-refractivity contribution in [1.82, 2.24) is 0 Å². The van der Waals surface area contributed by atoms with E-state index in [-0.39, 0.29) is 19.1 Å². The van der Waals surface area contributed by atoms with Crippen molar-refractivity contribution in [2.45, 2.75) is 6.92 Å². The zero-order chi connectivity index (χ0) is 16.4. The highest BCUT2D eigenvalue weighted by atomic mass is 19.1. The zero-order valence-electron chi connectivity index (χ0n) is 12.5. The van der Waals surface area contributed by atoms with Gasteiger partial charge in [0.15, 0.2) is 6.61 Å². The number of hydrogen-bond acceptors (Lipinski definition) is 3. The molecule has 118 valence electrons. The maximum atomic E-state index is 13.1. The Morgan fingerprint density at radius 1 is 1.30 bits per heavy atom. The molecule has 0 fully saturated rings. The van der Waals surface area contributed by atoms with E-state index in [9.17, 15) is 14.0 Å². The maximum Gasteiger partial charge on any atom is 0.265 e. The number of rotatable bonds is 3. The van der Waals surface area contributed by atoms with Gasteiger partial charge in [-0.25, -0.2) is 4.39 Å². The summed E-state index contributed by atoms with van der Waals surface area (Å²) in [6, 6.07) is 11.0. The van der Waals surface area contributed by atoms with E-state index in [0.29, 0.717) is 17.1 Å². The van der Waals surface area contributed by atoms with Crippen LogP contribution < -0.4 is 15.0 Å². The van der Waals surface area contributed by atoms with Crippen molar-refractivity contribution in [3.8, 4) is 5.75 Å². The first-order valence-corrected chi connectivity index (χ1v) is 7.12. The molecule has 0 atom stereocenters. The van der Waals surface area contributed by atoms with Crippen LogP contribution in [0.2, 0.25) is 0 Å². The van der Waals surface area contributed by atoms with Crippen molar-refractivity contribution in [1.29, 1.82) is 0 Å². The first kappa shape index (κ1) is 15.0. The van der Waals surface area contributed by atoms with Crippen LogP contribution in [0.25, 0.3) is 0 Å². The summed E-state index contributed by atoms with van der Waals surface area (Å²) in [6.45, 7) is 1.63. The van der Waals surface area contributed by atoms with Crippen molar-refractivity contribution >= 4 is 23.2 Å². The fourth-order valence-electron chi connectivity index (χ4n) is 2.40. The summed E-state index contributed by atoms with van der Waals surface area (Å²) in [5, 5.41) is 2.58. The predicted octanol–water partition coefficient (Wildman–Crippen LogP) is 2.50. The number of carbonyl (C=O) groups excluding carboxylic acids is 2. The maximum absolute atomic E-state index is 13.1. The molecule has 0 aliphatic carbocycles. The van der Waals surface area contributed by atoms with Crippen LogP contribution >= 0.6 is 0 Å². The van der Waals surface area contributed by atoms with Crippen molar-refractivity contribution < 1.29 is 18.7 Å². The number of anilines is 2. The first-order valence-electron chi connectivity index (χ1n) is 7.12. The number of carbonyl (C=O) groups is 2. The van der Waals surface area contributed by atoms with E-state index in [1.807, 2.05) is 13.0 Å². The van der Waals surface area contributed by atoms with Crippen LogP contribution in [0.5, 0.6) is 5.75 Å². The number of nitrogens with zero attached hydrogens (tertiary/aromatic N) is 1. The molecule has 2 amide bonds. The number of nitrogens with one attached hydrogen (secondary N) is 1. The molecule has 1 aliphatic rings. The molecule has 3 rings (SSSR count). The van der Waals surface area contributed by atoms with Crippen molar-refractivity contribution in [2.75, 3.05) is 23.4 Å². The zero-order valence-corrected chi connectivity index (χ0v) is 12.5. The molecule has 2 aromatic carbocycles. The second kappa shape index (κ2) is 6.08. The third kappa shape index (κ3) is 3.31. The number of aryl methyl sites for hydroxylation is 1. The van der Waals surface area contributed by atoms with E-state index in [2.05, 4.69) is 5.32 Å². The minimum atomic E-state index is -0.439. The molecule has 1 aliphatic heterocycles. The Bertz CT molecular complexity index is 776. The average Bonchev–Trinajstić information content (AvgIpc) is 2.50. The second-order valence-electron chi connectivity index (χ2n) is 5.30. The van der Waals surface area contributed by atoms with Gasteiger partial charge in [0, 0.05) is 5.69 Å². The standard InChI is InChI=1S/C17H15FN2O3/c1-11-5-6-15-14(7-11)20(17(22)10-23-15)9-16(21)19-13-4-2-3-12(18)8-13/h2-8H,9-10H2,1H3,(H,19,21). The average molecular weight is 314 g/mol. The lowest BCUT2D eigenvalue weighted by Crippen LogP contribution is -2.43. The molecule has 0 radical (unpaired) electrons. The van der Waals surface area contributed by atoms with Crippen LogP contribution in [0.1, 0.15) is 5.56 Å². The van der Waals surface area contributed by atoms with Crippen LogP contribution in [-0.2, 0) is 9.59 Å². The van der Waals surface area contributed by atoms with E-state index >= 15 is 0 Å². The Morgan fingerprint density at radius 3 is 2.91 bits per heavy atom. The Labute approximate surface area is 132 Å². The predicted molar refractivity (Wildman–Crippen MR) is 84.1 cm³/mol. The van der Waals surface area contributed by atoms with Gasteiger partial charge in [-0.1, -0.05) is 12.1 Å². The van der Waals surface area contributed by atoms with Crippen LogP contribution in [-0.4, -0.2) is 25.0 Å². The lowest BCUT2D eigenvalue weighted by Gasteiger charge is -2.29. The van der Waals surface area contributed by atoms with Gasteiger partial charge in [-0.3, -0.25) is 14.5 Å². The molecule has 2 aromatic rings. The smallest absolute Gasteiger partial charge is 0.265 e. The highest BCUT2D eigenvalue weighted by Crippen LogP contribution is 2.32. The summed E-state index contributed by atoms with van der Waals surface area (Å²) < 4.78 is 18.5. The van der Waals surface area contributed by atoms with Gasteiger partial charge in [-0.15, -0.1) is 0 Å². The lowest BCUT2D eigenvalue weighted by atomic mass is 10.1. The third-order valence-corrected chi connectivity index (χ3v) is 3.47. The van der Waals surface area contributed by atoms with Gasteiger partial charge >= 0.3 is 0 Å². The first-order chi connectivity index (χ1) is 11.0. The molecule has 1 heterocycles. The SMILES string of the molecule is Cc1ccc2c(c1)N(CC(=O)Nc1cccc(F)c1)C(=O)CO2. The van der Waals surface area contributed by atoms with E-state index < -0.39 is 11.7 Å². The number of amides is 2. The van der Waals surface area contributed by atoms with E-state index in [4.69, 9.17) is 4.74 Å². The molecule has 0 saturated carbocycles. The van der Waals surface area contributed by atoms with Gasteiger partial charge < -0.3 is 10.1 Å². The van der Waals surface area contributed by atoms with Crippen molar-refractivity contribution in [3.05, 3.63) is 53.8 Å². The van der Waals surface area contributed by atoms with Gasteiger partial charge in [0.25, 0.3) is 5.91 Å². The topological polar surface area (TPSA) is 58.6 Å². The number of hydrogen-bond donors (Lipinski definition) is 1. The molecule has 0 spiro atoms. The normalized spacial score (nSPS) is 13.3. The van der Waals surface area contributed by atoms with Crippen LogP contribution in [0.15, 0.2) is 42.5 Å². The van der Waals surface area contributed by atoms with Gasteiger partial charge in [-0.05, 0) is 42.8 Å². The van der Waals surface area contributed by atoms with E-state index in [0.717, 1.165) is 5.56 Å². The van der Waals surface area contributed by atoms with E-state index in [1.54, 1.807) is 18.2 Å². The Kier molecular flexibility index (Phi) is 3.97. The lowest BCUT2D eigenvalue weighted by molar-refractivity contribution is -0.123. The number of benzene rings is 2. The molecule has 1 N–H and O–H groups in total. The van der Waals surface area contributed by atoms with Crippen molar-refractivity contribution in [3.63, 3.8) is 0 Å². The molecular weight excluding hydrogens is 299 g/mol. The monoisotopic (exact) mass is 314 g/mol. The Balaban J connectivity index is 1.78. The molecule has 0 bridgehead atoms. The molecule has 5 nitrogen and oxygen atoms in total. The molecule has 6 heteroatoms. The second-order valence-corrected chi connectivity index (χ2v) is 5.30. The number of halogens is 1. The Hall–Kier alpha value is -2.89. The summed E-state index contributed by atoms with van der Waals surface area (Å²) in [5.74, 6) is -0.573. The summed E-state index contributed by atoms with van der Waals surface area (Å²) in [5.41, 5.74) is 1.87. The van der Waals surface area contributed by atoms with Gasteiger partial charge in [0.2, 0.25) is 5.91 Å². The quantitative estimate of drug-likeness (QED) is 0.947. The molecule has 0 aromatic heterocycles. The molecule has 0 saturated heterocycles. The summed E-state index contributed by atoms with van der Waals surface area (Å²) >= 11 is 0. The fourth-order valence-corrected chi connectivity index (χ4v) is 2.40. The molecule has 0 unspecified atom stereocenters. The summed E-state index contributed by atoms with van der Waals surface area (Å²) in [6.07, 6.45) is 0. The van der Waals surface area contributed by atoms with Crippen molar-refractivity contribution in [2.24, 2.45) is 0 Å². The summed E-state index contributed by atoms with van der Waals surface area (Å²) in [4.78, 5) is 25.6. The van der Waals surface area contributed by atoms with Gasteiger partial charge in [0.1, 0.15) is 18.1 Å². The van der Waals surface area contributed by atoms with Crippen LogP contribution in [0.3, 0.4) is 0 Å².